The average molecular weight is 260 g/mol. The Bertz CT molecular complexity index is 525. The molecule has 102 valence electrons. The van der Waals surface area contributed by atoms with Crippen LogP contribution in [0.4, 0.5) is 0 Å². The molecule has 2 rings (SSSR count). The first-order valence-corrected chi connectivity index (χ1v) is 6.56. The van der Waals surface area contributed by atoms with E-state index in [2.05, 4.69) is 0 Å². The molecule has 2 atom stereocenters. The lowest BCUT2D eigenvalue weighted by Gasteiger charge is -2.18. The Morgan fingerprint density at radius 1 is 1.26 bits per heavy atom. The van der Waals surface area contributed by atoms with E-state index in [0.29, 0.717) is 13.1 Å². The van der Waals surface area contributed by atoms with Crippen molar-refractivity contribution in [2.24, 2.45) is 17.6 Å². The van der Waals surface area contributed by atoms with Crippen LogP contribution >= 0.6 is 0 Å². The molecule has 0 radical (unpaired) electrons. The van der Waals surface area contributed by atoms with Gasteiger partial charge in [0.15, 0.2) is 0 Å². The quantitative estimate of drug-likeness (QED) is 0.875. The normalized spacial score (nSPS) is 22.6. The first-order chi connectivity index (χ1) is 8.91. The number of amides is 2. The van der Waals surface area contributed by atoms with Crippen molar-refractivity contribution in [1.29, 1.82) is 0 Å². The molecule has 1 aliphatic rings. The fraction of sp³-hybridized carbons (Fsp3) is 0.467. The molecule has 0 unspecified atom stereocenters. The molecule has 1 fully saturated rings. The van der Waals surface area contributed by atoms with Gasteiger partial charge in [-0.2, -0.15) is 0 Å². The van der Waals surface area contributed by atoms with Crippen LogP contribution in [0.2, 0.25) is 0 Å². The summed E-state index contributed by atoms with van der Waals surface area (Å²) in [7, 11) is 0. The minimum atomic E-state index is -0.316. The zero-order valence-corrected chi connectivity index (χ0v) is 11.6. The van der Waals surface area contributed by atoms with E-state index >= 15 is 0 Å². The maximum absolute atomic E-state index is 12.5. The number of carbonyl (C=O) groups is 2. The summed E-state index contributed by atoms with van der Waals surface area (Å²) in [6.45, 7) is 6.94. The molecule has 2 N–H and O–H groups in total. The van der Waals surface area contributed by atoms with E-state index in [-0.39, 0.29) is 23.7 Å². The van der Waals surface area contributed by atoms with Crippen molar-refractivity contribution in [2.75, 3.05) is 13.1 Å². The Hall–Kier alpha value is -1.84. The van der Waals surface area contributed by atoms with Crippen LogP contribution in [-0.2, 0) is 4.79 Å². The molecule has 1 aromatic carbocycles. The minimum absolute atomic E-state index is 0.00296. The summed E-state index contributed by atoms with van der Waals surface area (Å²) in [5.41, 5.74) is 8.19. The Morgan fingerprint density at radius 2 is 1.95 bits per heavy atom. The monoisotopic (exact) mass is 260 g/mol. The van der Waals surface area contributed by atoms with Gasteiger partial charge in [-0.05, 0) is 37.0 Å². The van der Waals surface area contributed by atoms with Gasteiger partial charge in [0.2, 0.25) is 5.91 Å². The second-order valence-electron chi connectivity index (χ2n) is 5.44. The van der Waals surface area contributed by atoms with Crippen LogP contribution in [-0.4, -0.2) is 29.8 Å². The number of aryl methyl sites for hydroxylation is 1. The molecular weight excluding hydrogens is 240 g/mol. The van der Waals surface area contributed by atoms with E-state index in [1.165, 1.54) is 0 Å². The van der Waals surface area contributed by atoms with Crippen molar-refractivity contribution in [2.45, 2.75) is 20.8 Å². The molecule has 0 aliphatic carbocycles. The zero-order valence-electron chi connectivity index (χ0n) is 11.6. The summed E-state index contributed by atoms with van der Waals surface area (Å²) < 4.78 is 0. The number of carbonyl (C=O) groups excluding carboxylic acids is 2. The van der Waals surface area contributed by atoms with Crippen molar-refractivity contribution in [3.8, 4) is 0 Å². The third kappa shape index (κ3) is 2.48. The molecule has 1 aliphatic heterocycles. The van der Waals surface area contributed by atoms with E-state index in [9.17, 15) is 9.59 Å². The highest BCUT2D eigenvalue weighted by Crippen LogP contribution is 2.25. The van der Waals surface area contributed by atoms with Gasteiger partial charge in [0, 0.05) is 18.7 Å². The number of primary amides is 1. The van der Waals surface area contributed by atoms with Gasteiger partial charge in [0.25, 0.3) is 5.91 Å². The molecule has 0 saturated carbocycles. The number of benzene rings is 1. The zero-order chi connectivity index (χ0) is 14.2. The highest BCUT2D eigenvalue weighted by atomic mass is 16.2. The second kappa shape index (κ2) is 5.03. The van der Waals surface area contributed by atoms with Crippen LogP contribution in [0.25, 0.3) is 0 Å². The van der Waals surface area contributed by atoms with E-state index in [0.717, 1.165) is 16.7 Å². The first-order valence-electron chi connectivity index (χ1n) is 6.56. The van der Waals surface area contributed by atoms with Gasteiger partial charge in [-0.3, -0.25) is 9.59 Å². The molecule has 0 bridgehead atoms. The van der Waals surface area contributed by atoms with E-state index in [1.807, 2.05) is 39.0 Å². The number of likely N-dealkylation sites (tertiary alicyclic amines) is 1. The topological polar surface area (TPSA) is 63.4 Å². The summed E-state index contributed by atoms with van der Waals surface area (Å²) in [4.78, 5) is 25.6. The van der Waals surface area contributed by atoms with Gasteiger partial charge in [-0.25, -0.2) is 0 Å². The number of hydrogen-bond donors (Lipinski definition) is 1. The number of nitrogens with two attached hydrogens (primary N) is 1. The highest BCUT2D eigenvalue weighted by Gasteiger charge is 2.36. The summed E-state index contributed by atoms with van der Waals surface area (Å²) in [5.74, 6) is -0.416. The third-order valence-electron chi connectivity index (χ3n) is 4.10. The first kappa shape index (κ1) is 13.6. The molecule has 4 nitrogen and oxygen atoms in total. The average Bonchev–Trinajstić information content (AvgIpc) is 2.74. The molecule has 4 heteroatoms. The van der Waals surface area contributed by atoms with Crippen molar-refractivity contribution < 1.29 is 9.59 Å². The van der Waals surface area contributed by atoms with Crippen molar-refractivity contribution in [3.05, 3.63) is 34.9 Å². The van der Waals surface area contributed by atoms with Crippen LogP contribution in [0.15, 0.2) is 18.2 Å². The maximum Gasteiger partial charge on any atom is 0.254 e. The highest BCUT2D eigenvalue weighted by molar-refractivity contribution is 5.96. The lowest BCUT2D eigenvalue weighted by molar-refractivity contribution is -0.122. The molecule has 1 heterocycles. The molecule has 0 spiro atoms. The van der Waals surface area contributed by atoms with Gasteiger partial charge in [0.05, 0.1) is 5.92 Å². The number of rotatable bonds is 2. The summed E-state index contributed by atoms with van der Waals surface area (Å²) in [6.07, 6.45) is 0. The lowest BCUT2D eigenvalue weighted by Crippen LogP contribution is -2.32. The molecule has 19 heavy (non-hydrogen) atoms. The third-order valence-corrected chi connectivity index (χ3v) is 4.10. The maximum atomic E-state index is 12.5. The lowest BCUT2D eigenvalue weighted by atomic mass is 9.98. The minimum Gasteiger partial charge on any atom is -0.369 e. The number of hydrogen-bond acceptors (Lipinski definition) is 2. The van der Waals surface area contributed by atoms with Crippen LogP contribution in [0.5, 0.6) is 0 Å². The Balaban J connectivity index is 2.22. The van der Waals surface area contributed by atoms with Crippen LogP contribution in [0.1, 0.15) is 28.4 Å². The fourth-order valence-corrected chi connectivity index (χ4v) is 2.66. The predicted octanol–water partition coefficient (Wildman–Crippen LogP) is 1.50. The van der Waals surface area contributed by atoms with Gasteiger partial charge in [-0.15, -0.1) is 0 Å². The van der Waals surface area contributed by atoms with Gasteiger partial charge >= 0.3 is 0 Å². The Kier molecular flexibility index (Phi) is 3.60. The van der Waals surface area contributed by atoms with E-state index < -0.39 is 0 Å². The number of nitrogens with zero attached hydrogens (tertiary/aromatic N) is 1. The molecule has 2 amide bonds. The van der Waals surface area contributed by atoms with E-state index in [1.54, 1.807) is 4.90 Å². The Labute approximate surface area is 113 Å². The van der Waals surface area contributed by atoms with Gasteiger partial charge in [-0.1, -0.05) is 19.1 Å². The molecule has 1 saturated heterocycles. The smallest absolute Gasteiger partial charge is 0.254 e. The SMILES string of the molecule is Cc1cccc(C(=O)N2C[C@@H](C)[C@H](C(N)=O)C2)c1C. The Morgan fingerprint density at radius 3 is 2.53 bits per heavy atom. The summed E-state index contributed by atoms with van der Waals surface area (Å²) in [5, 5.41) is 0. The van der Waals surface area contributed by atoms with Crippen molar-refractivity contribution >= 4 is 11.8 Å². The standard InChI is InChI=1S/C15H20N2O2/c1-9-5-4-6-12(11(9)3)15(19)17-7-10(2)13(8-17)14(16)18/h4-6,10,13H,7-8H2,1-3H3,(H2,16,18)/t10-,13-/m1/s1. The summed E-state index contributed by atoms with van der Waals surface area (Å²) in [6, 6.07) is 5.72. The predicted molar refractivity (Wildman–Crippen MR) is 73.7 cm³/mol. The van der Waals surface area contributed by atoms with Crippen LogP contribution in [0.3, 0.4) is 0 Å². The summed E-state index contributed by atoms with van der Waals surface area (Å²) >= 11 is 0. The van der Waals surface area contributed by atoms with E-state index in [4.69, 9.17) is 5.73 Å². The molecular formula is C15H20N2O2. The van der Waals surface area contributed by atoms with Gasteiger partial charge < -0.3 is 10.6 Å². The molecule has 0 aromatic heterocycles. The van der Waals surface area contributed by atoms with Crippen molar-refractivity contribution in [1.82, 2.24) is 4.90 Å². The van der Waals surface area contributed by atoms with Gasteiger partial charge in [0.1, 0.15) is 0 Å². The fourth-order valence-electron chi connectivity index (χ4n) is 2.66. The van der Waals surface area contributed by atoms with Crippen LogP contribution < -0.4 is 5.73 Å². The van der Waals surface area contributed by atoms with Crippen molar-refractivity contribution in [3.63, 3.8) is 0 Å². The second-order valence-corrected chi connectivity index (χ2v) is 5.44. The van der Waals surface area contributed by atoms with Crippen LogP contribution in [0, 0.1) is 25.7 Å². The largest absolute Gasteiger partial charge is 0.369 e. The molecule has 1 aromatic rings.